The van der Waals surface area contributed by atoms with Crippen LogP contribution in [0.5, 0.6) is 5.75 Å². The van der Waals surface area contributed by atoms with Crippen LogP contribution in [0.25, 0.3) is 0 Å². The number of hydrogen-bond donors (Lipinski definition) is 1. The van der Waals surface area contributed by atoms with Gasteiger partial charge in [-0.15, -0.1) is 0 Å². The first-order valence-corrected chi connectivity index (χ1v) is 9.15. The Bertz CT molecular complexity index is 495. The first kappa shape index (κ1) is 17.1. The highest BCUT2D eigenvalue weighted by atomic mass is 16.5. The van der Waals surface area contributed by atoms with Crippen LogP contribution >= 0.6 is 0 Å². The van der Waals surface area contributed by atoms with E-state index in [2.05, 4.69) is 5.32 Å². The minimum Gasteiger partial charge on any atom is -0.494 e. The maximum atomic E-state index is 12.2. The standard InChI is InChI=1S/C19H28N2O3/c22-19(20-11-5-15-23-17-6-2-1-3-7-17)21-12-9-16(10-13-21)18-8-4-14-24-18/h1-3,6-7,16,18H,4-5,8-15H2,(H,20,22)/t18-/m1/s1. The van der Waals surface area contributed by atoms with Crippen molar-refractivity contribution >= 4 is 6.03 Å². The normalized spacial score (nSPS) is 21.7. The van der Waals surface area contributed by atoms with Crippen molar-refractivity contribution in [3.63, 3.8) is 0 Å². The lowest BCUT2D eigenvalue weighted by Crippen LogP contribution is -2.46. The van der Waals surface area contributed by atoms with E-state index in [-0.39, 0.29) is 6.03 Å². The highest BCUT2D eigenvalue weighted by Crippen LogP contribution is 2.28. The fraction of sp³-hybridized carbons (Fsp3) is 0.632. The largest absolute Gasteiger partial charge is 0.494 e. The van der Waals surface area contributed by atoms with Crippen LogP contribution in [0.4, 0.5) is 4.79 Å². The van der Waals surface area contributed by atoms with Gasteiger partial charge in [-0.05, 0) is 50.2 Å². The molecule has 132 valence electrons. The quantitative estimate of drug-likeness (QED) is 0.815. The smallest absolute Gasteiger partial charge is 0.317 e. The van der Waals surface area contributed by atoms with Crippen molar-refractivity contribution in [1.29, 1.82) is 0 Å². The Hall–Kier alpha value is -1.75. The molecule has 2 fully saturated rings. The molecule has 2 aliphatic heterocycles. The molecular weight excluding hydrogens is 304 g/mol. The van der Waals surface area contributed by atoms with Gasteiger partial charge in [0.05, 0.1) is 12.7 Å². The number of piperidine rings is 1. The predicted molar refractivity (Wildman–Crippen MR) is 93.2 cm³/mol. The Balaban J connectivity index is 1.27. The molecule has 0 spiro atoms. The van der Waals surface area contributed by atoms with E-state index in [1.165, 1.54) is 12.8 Å². The molecular formula is C19H28N2O3. The van der Waals surface area contributed by atoms with Crippen molar-refractivity contribution in [2.45, 2.75) is 38.2 Å². The van der Waals surface area contributed by atoms with Gasteiger partial charge in [0.2, 0.25) is 0 Å². The highest BCUT2D eigenvalue weighted by molar-refractivity contribution is 5.74. The molecule has 1 N–H and O–H groups in total. The predicted octanol–water partition coefficient (Wildman–Crippen LogP) is 3.06. The molecule has 5 heteroatoms. The summed E-state index contributed by atoms with van der Waals surface area (Å²) >= 11 is 0. The van der Waals surface area contributed by atoms with Crippen LogP contribution < -0.4 is 10.1 Å². The Morgan fingerprint density at radius 1 is 1.21 bits per heavy atom. The van der Waals surface area contributed by atoms with Crippen molar-refractivity contribution in [1.82, 2.24) is 10.2 Å². The minimum absolute atomic E-state index is 0.0560. The summed E-state index contributed by atoms with van der Waals surface area (Å²) in [5, 5.41) is 3.00. The molecule has 1 aromatic rings. The number of hydrogen-bond acceptors (Lipinski definition) is 3. The van der Waals surface area contributed by atoms with Gasteiger partial charge in [-0.1, -0.05) is 18.2 Å². The molecule has 0 unspecified atom stereocenters. The van der Waals surface area contributed by atoms with Crippen LogP contribution in [0.15, 0.2) is 30.3 Å². The topological polar surface area (TPSA) is 50.8 Å². The van der Waals surface area contributed by atoms with Crippen molar-refractivity contribution < 1.29 is 14.3 Å². The molecule has 24 heavy (non-hydrogen) atoms. The van der Waals surface area contributed by atoms with Gasteiger partial charge >= 0.3 is 6.03 Å². The van der Waals surface area contributed by atoms with E-state index in [1.54, 1.807) is 0 Å². The summed E-state index contributed by atoms with van der Waals surface area (Å²) in [6, 6.07) is 9.82. The second-order valence-electron chi connectivity index (χ2n) is 6.62. The van der Waals surface area contributed by atoms with E-state index < -0.39 is 0 Å². The molecule has 1 aromatic carbocycles. The van der Waals surface area contributed by atoms with Crippen molar-refractivity contribution in [3.05, 3.63) is 30.3 Å². The summed E-state index contributed by atoms with van der Waals surface area (Å²) in [6.45, 7) is 3.87. The number of nitrogens with zero attached hydrogens (tertiary/aromatic N) is 1. The Morgan fingerprint density at radius 2 is 2.00 bits per heavy atom. The third-order valence-electron chi connectivity index (χ3n) is 4.93. The zero-order valence-electron chi connectivity index (χ0n) is 14.3. The average Bonchev–Trinajstić information content (AvgIpc) is 3.17. The fourth-order valence-electron chi connectivity index (χ4n) is 3.53. The fourth-order valence-corrected chi connectivity index (χ4v) is 3.53. The molecule has 0 aromatic heterocycles. The van der Waals surface area contributed by atoms with Gasteiger partial charge in [0.1, 0.15) is 5.75 Å². The number of nitrogens with one attached hydrogen (secondary N) is 1. The second kappa shape index (κ2) is 8.92. The maximum absolute atomic E-state index is 12.2. The number of rotatable bonds is 6. The van der Waals surface area contributed by atoms with Crippen LogP contribution in [0.2, 0.25) is 0 Å². The zero-order chi connectivity index (χ0) is 16.6. The van der Waals surface area contributed by atoms with Crippen LogP contribution in [0.3, 0.4) is 0 Å². The van der Waals surface area contributed by atoms with Crippen LogP contribution in [0, 0.1) is 5.92 Å². The molecule has 0 bridgehead atoms. The number of ether oxygens (including phenoxy) is 2. The number of urea groups is 1. The van der Waals surface area contributed by atoms with Crippen LogP contribution in [0.1, 0.15) is 32.1 Å². The molecule has 2 heterocycles. The van der Waals surface area contributed by atoms with E-state index in [1.807, 2.05) is 35.2 Å². The minimum atomic E-state index is 0.0560. The molecule has 3 rings (SSSR count). The third-order valence-corrected chi connectivity index (χ3v) is 4.93. The Morgan fingerprint density at radius 3 is 2.71 bits per heavy atom. The number of benzene rings is 1. The van der Waals surface area contributed by atoms with Crippen molar-refractivity contribution in [2.24, 2.45) is 5.92 Å². The van der Waals surface area contributed by atoms with Gasteiger partial charge in [-0.3, -0.25) is 0 Å². The molecule has 1 atom stereocenters. The van der Waals surface area contributed by atoms with Crippen LogP contribution in [-0.4, -0.2) is 49.9 Å². The van der Waals surface area contributed by atoms with Gasteiger partial charge in [-0.25, -0.2) is 4.79 Å². The summed E-state index contributed by atoms with van der Waals surface area (Å²) in [5.41, 5.74) is 0. The lowest BCUT2D eigenvalue weighted by molar-refractivity contribution is 0.0372. The van der Waals surface area contributed by atoms with Gasteiger partial charge in [0, 0.05) is 26.2 Å². The lowest BCUT2D eigenvalue weighted by Gasteiger charge is -2.34. The first-order chi connectivity index (χ1) is 11.8. The number of likely N-dealkylation sites (tertiary alicyclic amines) is 1. The average molecular weight is 332 g/mol. The summed E-state index contributed by atoms with van der Waals surface area (Å²) < 4.78 is 11.4. The SMILES string of the molecule is O=C(NCCCOc1ccccc1)N1CCC([C@H]2CCCO2)CC1. The summed E-state index contributed by atoms with van der Waals surface area (Å²) in [6.07, 6.45) is 5.76. The molecule has 0 aliphatic carbocycles. The molecule has 0 saturated carbocycles. The van der Waals surface area contributed by atoms with Gasteiger partial charge in [0.15, 0.2) is 0 Å². The second-order valence-corrected chi connectivity index (χ2v) is 6.62. The molecule has 2 saturated heterocycles. The van der Waals surface area contributed by atoms with E-state index >= 15 is 0 Å². The number of carbonyl (C=O) groups excluding carboxylic acids is 1. The monoisotopic (exact) mass is 332 g/mol. The zero-order valence-corrected chi connectivity index (χ0v) is 14.3. The summed E-state index contributed by atoms with van der Waals surface area (Å²) in [7, 11) is 0. The first-order valence-electron chi connectivity index (χ1n) is 9.15. The number of amides is 2. The van der Waals surface area contributed by atoms with Crippen molar-refractivity contribution in [2.75, 3.05) is 32.8 Å². The number of carbonyl (C=O) groups is 1. The van der Waals surface area contributed by atoms with Gasteiger partial charge < -0.3 is 19.7 Å². The van der Waals surface area contributed by atoms with Crippen LogP contribution in [-0.2, 0) is 4.74 Å². The molecule has 0 radical (unpaired) electrons. The van der Waals surface area contributed by atoms with Gasteiger partial charge in [-0.2, -0.15) is 0 Å². The van der Waals surface area contributed by atoms with E-state index in [4.69, 9.17) is 9.47 Å². The number of para-hydroxylation sites is 1. The molecule has 5 nitrogen and oxygen atoms in total. The third kappa shape index (κ3) is 4.87. The molecule has 2 aliphatic rings. The van der Waals surface area contributed by atoms with E-state index in [0.29, 0.717) is 25.2 Å². The van der Waals surface area contributed by atoms with E-state index in [0.717, 1.165) is 44.7 Å². The maximum Gasteiger partial charge on any atom is 0.317 e. The lowest BCUT2D eigenvalue weighted by atomic mass is 9.90. The van der Waals surface area contributed by atoms with E-state index in [9.17, 15) is 4.79 Å². The Labute approximate surface area is 144 Å². The van der Waals surface area contributed by atoms with Crippen molar-refractivity contribution in [3.8, 4) is 5.75 Å². The summed E-state index contributed by atoms with van der Waals surface area (Å²) in [4.78, 5) is 14.1. The Kier molecular flexibility index (Phi) is 6.35. The highest BCUT2D eigenvalue weighted by Gasteiger charge is 2.30. The van der Waals surface area contributed by atoms with Gasteiger partial charge in [0.25, 0.3) is 0 Å². The summed E-state index contributed by atoms with van der Waals surface area (Å²) in [5.74, 6) is 1.51. The molecule has 2 amide bonds.